The number of benzene rings is 1. The molecule has 1 aliphatic carbocycles. The highest BCUT2D eigenvalue weighted by molar-refractivity contribution is 7.98. The van der Waals surface area contributed by atoms with Gasteiger partial charge in [0.2, 0.25) is 0 Å². The SMILES string of the molecule is c1ccc2c(c1)CSCC2NCC1CCC1. The predicted octanol–water partition coefficient (Wildman–Crippen LogP) is 3.36. The topological polar surface area (TPSA) is 12.0 Å². The second kappa shape index (κ2) is 4.80. The molecular weight excluding hydrogens is 214 g/mol. The van der Waals surface area contributed by atoms with Crippen LogP contribution in [0.5, 0.6) is 0 Å². The van der Waals surface area contributed by atoms with Gasteiger partial charge in [0.15, 0.2) is 0 Å². The van der Waals surface area contributed by atoms with Gasteiger partial charge in [0.1, 0.15) is 0 Å². The molecule has 1 aromatic carbocycles. The molecule has 2 heteroatoms. The maximum atomic E-state index is 3.76. The van der Waals surface area contributed by atoms with Gasteiger partial charge in [-0.2, -0.15) is 11.8 Å². The van der Waals surface area contributed by atoms with E-state index in [9.17, 15) is 0 Å². The van der Waals surface area contributed by atoms with Gasteiger partial charge >= 0.3 is 0 Å². The monoisotopic (exact) mass is 233 g/mol. The van der Waals surface area contributed by atoms with E-state index in [4.69, 9.17) is 0 Å². The molecule has 2 aliphatic rings. The van der Waals surface area contributed by atoms with Crippen LogP contribution in [0.15, 0.2) is 24.3 Å². The van der Waals surface area contributed by atoms with E-state index < -0.39 is 0 Å². The summed E-state index contributed by atoms with van der Waals surface area (Å²) in [5.41, 5.74) is 3.07. The standard InChI is InChI=1S/C14H19NS/c1-2-7-13-12(6-1)9-16-10-14(13)15-8-11-4-3-5-11/h1-2,6-7,11,14-15H,3-5,8-10H2. The molecule has 1 nitrogen and oxygen atoms in total. The number of fused-ring (bicyclic) bond motifs is 1. The number of nitrogens with one attached hydrogen (secondary N) is 1. The molecule has 0 bridgehead atoms. The van der Waals surface area contributed by atoms with Crippen LogP contribution in [-0.2, 0) is 5.75 Å². The van der Waals surface area contributed by atoms with E-state index in [1.165, 1.54) is 42.9 Å². The highest BCUT2D eigenvalue weighted by Gasteiger charge is 2.22. The quantitative estimate of drug-likeness (QED) is 0.859. The molecule has 0 amide bonds. The van der Waals surface area contributed by atoms with Crippen LogP contribution in [0, 0.1) is 5.92 Å². The lowest BCUT2D eigenvalue weighted by molar-refractivity contribution is 0.292. The van der Waals surface area contributed by atoms with Gasteiger partial charge < -0.3 is 5.32 Å². The Hall–Kier alpha value is -0.470. The molecule has 0 aromatic heterocycles. The van der Waals surface area contributed by atoms with Gasteiger partial charge in [-0.05, 0) is 36.4 Å². The summed E-state index contributed by atoms with van der Waals surface area (Å²) in [4.78, 5) is 0. The van der Waals surface area contributed by atoms with Crippen LogP contribution in [0.3, 0.4) is 0 Å². The van der Waals surface area contributed by atoms with Crippen molar-refractivity contribution in [3.63, 3.8) is 0 Å². The third-order valence-corrected chi connectivity index (χ3v) is 4.93. The van der Waals surface area contributed by atoms with Crippen molar-refractivity contribution in [1.29, 1.82) is 0 Å². The van der Waals surface area contributed by atoms with Crippen LogP contribution in [0.1, 0.15) is 36.4 Å². The molecule has 0 spiro atoms. The summed E-state index contributed by atoms with van der Waals surface area (Å²) in [6.45, 7) is 1.22. The second-order valence-electron chi connectivity index (χ2n) is 4.97. The van der Waals surface area contributed by atoms with Gasteiger partial charge in [-0.15, -0.1) is 0 Å². The van der Waals surface area contributed by atoms with Gasteiger partial charge in [0, 0.05) is 17.5 Å². The van der Waals surface area contributed by atoms with Gasteiger partial charge in [-0.1, -0.05) is 30.7 Å². The van der Waals surface area contributed by atoms with Crippen molar-refractivity contribution in [1.82, 2.24) is 5.32 Å². The van der Waals surface area contributed by atoms with Crippen LogP contribution in [0.4, 0.5) is 0 Å². The first kappa shape index (κ1) is 10.7. The molecule has 1 atom stereocenters. The van der Waals surface area contributed by atoms with Crippen LogP contribution in [0.2, 0.25) is 0 Å². The fourth-order valence-corrected chi connectivity index (χ4v) is 3.69. The Balaban J connectivity index is 1.66. The third-order valence-electron chi connectivity index (χ3n) is 3.85. The van der Waals surface area contributed by atoms with Crippen molar-refractivity contribution >= 4 is 11.8 Å². The largest absolute Gasteiger partial charge is 0.309 e. The van der Waals surface area contributed by atoms with Crippen molar-refractivity contribution < 1.29 is 0 Å². The molecule has 1 unspecified atom stereocenters. The molecule has 86 valence electrons. The second-order valence-corrected chi connectivity index (χ2v) is 6.00. The summed E-state index contributed by atoms with van der Waals surface area (Å²) in [7, 11) is 0. The van der Waals surface area contributed by atoms with E-state index in [1.54, 1.807) is 5.56 Å². The first-order valence-electron chi connectivity index (χ1n) is 6.32. The van der Waals surface area contributed by atoms with Crippen molar-refractivity contribution in [2.24, 2.45) is 5.92 Å². The maximum Gasteiger partial charge on any atom is 0.0415 e. The predicted molar refractivity (Wildman–Crippen MR) is 70.7 cm³/mol. The Labute approximate surface area is 102 Å². The molecule has 1 saturated carbocycles. The van der Waals surface area contributed by atoms with E-state index in [-0.39, 0.29) is 0 Å². The minimum atomic E-state index is 0.593. The molecule has 1 heterocycles. The Bertz CT molecular complexity index is 360. The van der Waals surface area contributed by atoms with Gasteiger partial charge in [0.25, 0.3) is 0 Å². The Morgan fingerprint density at radius 2 is 2.12 bits per heavy atom. The van der Waals surface area contributed by atoms with Crippen LogP contribution in [0.25, 0.3) is 0 Å². The van der Waals surface area contributed by atoms with E-state index >= 15 is 0 Å². The molecule has 0 saturated heterocycles. The third kappa shape index (κ3) is 2.14. The van der Waals surface area contributed by atoms with Gasteiger partial charge in [0.05, 0.1) is 0 Å². The van der Waals surface area contributed by atoms with Crippen molar-refractivity contribution in [3.8, 4) is 0 Å². The summed E-state index contributed by atoms with van der Waals surface area (Å²) in [6, 6.07) is 9.50. The zero-order valence-electron chi connectivity index (χ0n) is 9.61. The molecule has 1 fully saturated rings. The molecule has 3 rings (SSSR count). The average molecular weight is 233 g/mol. The van der Waals surface area contributed by atoms with Crippen LogP contribution >= 0.6 is 11.8 Å². The van der Waals surface area contributed by atoms with E-state index in [1.807, 2.05) is 0 Å². The zero-order chi connectivity index (χ0) is 10.8. The van der Waals surface area contributed by atoms with Crippen molar-refractivity contribution in [3.05, 3.63) is 35.4 Å². The van der Waals surface area contributed by atoms with E-state index in [0.717, 1.165) is 5.92 Å². The molecule has 0 radical (unpaired) electrons. The van der Waals surface area contributed by atoms with Crippen LogP contribution in [-0.4, -0.2) is 12.3 Å². The molecule has 16 heavy (non-hydrogen) atoms. The fraction of sp³-hybridized carbons (Fsp3) is 0.571. The van der Waals surface area contributed by atoms with Gasteiger partial charge in [-0.3, -0.25) is 0 Å². The first-order chi connectivity index (χ1) is 7.93. The smallest absolute Gasteiger partial charge is 0.0415 e. The summed E-state index contributed by atoms with van der Waals surface area (Å²) in [5, 5.41) is 3.76. The lowest BCUT2D eigenvalue weighted by Crippen LogP contribution is -2.33. The number of hydrogen-bond acceptors (Lipinski definition) is 2. The molecule has 1 N–H and O–H groups in total. The number of thioether (sulfide) groups is 1. The molecule has 1 aromatic rings. The highest BCUT2D eigenvalue weighted by atomic mass is 32.2. The Kier molecular flexibility index (Phi) is 3.20. The lowest BCUT2D eigenvalue weighted by Gasteiger charge is -2.31. The molecule has 1 aliphatic heterocycles. The number of hydrogen-bond donors (Lipinski definition) is 1. The van der Waals surface area contributed by atoms with Crippen LogP contribution < -0.4 is 5.32 Å². The average Bonchev–Trinajstić information content (AvgIpc) is 2.27. The summed E-state index contributed by atoms with van der Waals surface area (Å²) >= 11 is 2.06. The normalized spacial score (nSPS) is 24.9. The summed E-state index contributed by atoms with van der Waals surface area (Å²) < 4.78 is 0. The highest BCUT2D eigenvalue weighted by Crippen LogP contribution is 2.32. The summed E-state index contributed by atoms with van der Waals surface area (Å²) in [6.07, 6.45) is 4.32. The zero-order valence-corrected chi connectivity index (χ0v) is 10.4. The lowest BCUT2D eigenvalue weighted by atomic mass is 9.85. The minimum Gasteiger partial charge on any atom is -0.309 e. The van der Waals surface area contributed by atoms with Crippen molar-refractivity contribution in [2.75, 3.05) is 12.3 Å². The van der Waals surface area contributed by atoms with Crippen molar-refractivity contribution in [2.45, 2.75) is 31.1 Å². The number of rotatable bonds is 3. The Morgan fingerprint density at radius 1 is 1.25 bits per heavy atom. The first-order valence-corrected chi connectivity index (χ1v) is 7.48. The van der Waals surface area contributed by atoms with Gasteiger partial charge in [-0.25, -0.2) is 0 Å². The molecular formula is C14H19NS. The fourth-order valence-electron chi connectivity index (χ4n) is 2.56. The summed E-state index contributed by atoms with van der Waals surface area (Å²) in [5.74, 6) is 3.39. The van der Waals surface area contributed by atoms with E-state index in [0.29, 0.717) is 6.04 Å². The van der Waals surface area contributed by atoms with E-state index in [2.05, 4.69) is 41.3 Å². The maximum absolute atomic E-state index is 3.76. The minimum absolute atomic E-state index is 0.593. The Morgan fingerprint density at radius 3 is 2.94 bits per heavy atom.